The van der Waals surface area contributed by atoms with Crippen molar-refractivity contribution in [1.29, 1.82) is 0 Å². The molecule has 33 heavy (non-hydrogen) atoms. The maximum atomic E-state index is 12.5. The van der Waals surface area contributed by atoms with Crippen LogP contribution < -0.4 is 0 Å². The minimum Gasteiger partial charge on any atom is -0.462 e. The maximum absolute atomic E-state index is 12.5. The minimum atomic E-state index is -1.09. The van der Waals surface area contributed by atoms with Gasteiger partial charge in [0.05, 0.1) is 50.9 Å². The molecule has 2 fully saturated rings. The molecule has 190 valence electrons. The summed E-state index contributed by atoms with van der Waals surface area (Å²) < 4.78 is 29.1. The number of aliphatic hydroxyl groups is 3. The van der Waals surface area contributed by atoms with Crippen LogP contribution >= 0.6 is 45.2 Å². The molecule has 0 saturated carbocycles. The zero-order valence-corrected chi connectivity index (χ0v) is 23.3. The Morgan fingerprint density at radius 2 is 1.42 bits per heavy atom. The molecular weight excluding hydrogens is 662 g/mol. The summed E-state index contributed by atoms with van der Waals surface area (Å²) in [4.78, 5) is 12.5. The molecule has 0 radical (unpaired) electrons. The van der Waals surface area contributed by atoms with Crippen LogP contribution in [0.25, 0.3) is 0 Å². The lowest BCUT2D eigenvalue weighted by atomic mass is 10.0. The molecule has 3 aliphatic rings. The van der Waals surface area contributed by atoms with Crippen LogP contribution in [0.5, 0.6) is 0 Å². The molecule has 0 aliphatic carbocycles. The first kappa shape index (κ1) is 28.0. The number of alkyl halides is 2. The van der Waals surface area contributed by atoms with E-state index >= 15 is 0 Å². The predicted octanol–water partition coefficient (Wildman–Crippen LogP) is 2.00. The summed E-state index contributed by atoms with van der Waals surface area (Å²) in [7, 11) is 0. The van der Waals surface area contributed by atoms with Crippen LogP contribution in [-0.2, 0) is 28.5 Å². The molecular formula is C22H34I2O9. The first-order valence-electron chi connectivity index (χ1n) is 11.4. The third kappa shape index (κ3) is 7.94. The number of ether oxygens (including phenoxy) is 5. The van der Waals surface area contributed by atoms with Crippen molar-refractivity contribution >= 4 is 51.2 Å². The smallest absolute Gasteiger partial charge is 0.308 e. The quantitative estimate of drug-likeness (QED) is 0.175. The molecule has 11 heteroatoms. The van der Waals surface area contributed by atoms with E-state index in [1.54, 1.807) is 32.9 Å². The number of carbonyl (C=O) groups excluding carboxylic acids is 1. The van der Waals surface area contributed by atoms with Crippen LogP contribution in [0.4, 0.5) is 0 Å². The van der Waals surface area contributed by atoms with E-state index in [1.807, 2.05) is 0 Å². The summed E-state index contributed by atoms with van der Waals surface area (Å²) in [6.07, 6.45) is -1.28. The second-order valence-electron chi connectivity index (χ2n) is 9.02. The fourth-order valence-electron chi connectivity index (χ4n) is 4.02. The molecule has 9 nitrogen and oxygen atoms in total. The van der Waals surface area contributed by atoms with Gasteiger partial charge in [-0.1, -0.05) is 57.3 Å². The number of esters is 1. The van der Waals surface area contributed by atoms with E-state index in [9.17, 15) is 20.1 Å². The van der Waals surface area contributed by atoms with Gasteiger partial charge in [0.1, 0.15) is 12.2 Å². The number of rotatable bonds is 4. The molecule has 0 unspecified atom stereocenters. The number of halogens is 2. The van der Waals surface area contributed by atoms with Gasteiger partial charge in [0, 0.05) is 6.42 Å². The van der Waals surface area contributed by atoms with E-state index in [2.05, 4.69) is 45.2 Å². The summed E-state index contributed by atoms with van der Waals surface area (Å²) >= 11 is 4.35. The molecule has 3 heterocycles. The van der Waals surface area contributed by atoms with Gasteiger partial charge in [-0.05, 0) is 33.6 Å². The SMILES string of the molecule is C[C@@H]1C[C@H](O[C@H]2O[C@@H](C)[C@@H](O)C[C@@H]2I)/C=C/[C@H](O)[C@@H](O[C@@H]2O[C@@H](C)[C@@H](O)C[C@H]2I)CC(=O)O1. The Bertz CT molecular complexity index is 680. The zero-order valence-electron chi connectivity index (χ0n) is 19.0. The predicted molar refractivity (Wildman–Crippen MR) is 135 cm³/mol. The maximum Gasteiger partial charge on any atom is 0.308 e. The van der Waals surface area contributed by atoms with Crippen molar-refractivity contribution in [2.45, 2.75) is 116 Å². The van der Waals surface area contributed by atoms with Gasteiger partial charge >= 0.3 is 5.97 Å². The lowest BCUT2D eigenvalue weighted by molar-refractivity contribution is -0.239. The first-order chi connectivity index (χ1) is 15.5. The van der Waals surface area contributed by atoms with Gasteiger partial charge < -0.3 is 39.0 Å². The summed E-state index contributed by atoms with van der Waals surface area (Å²) in [5, 5.41) is 30.8. The van der Waals surface area contributed by atoms with Crippen molar-refractivity contribution in [3.05, 3.63) is 12.2 Å². The van der Waals surface area contributed by atoms with Crippen molar-refractivity contribution < 1.29 is 43.8 Å². The van der Waals surface area contributed by atoms with Crippen molar-refractivity contribution in [2.75, 3.05) is 0 Å². The Morgan fingerprint density at radius 1 is 0.879 bits per heavy atom. The summed E-state index contributed by atoms with van der Waals surface area (Å²) in [5.41, 5.74) is 0. The van der Waals surface area contributed by atoms with Crippen molar-refractivity contribution in [1.82, 2.24) is 0 Å². The molecule has 0 spiro atoms. The highest BCUT2D eigenvalue weighted by Crippen LogP contribution is 2.31. The standard InChI is InChI=1S/C22H34I2O9/c1-10-6-13(32-21-14(23)7-17(26)11(2)30-21)4-5-16(25)19(9-20(28)29-10)33-22-15(24)8-18(27)12(3)31-22/h4-5,10-19,21-22,25-27H,6-9H2,1-3H3/b5-4+/t10-,11+,12+,13-,14+,15-,16+,17+,18+,19+,21-,22+/m1/s1. The Morgan fingerprint density at radius 3 is 2.00 bits per heavy atom. The van der Waals surface area contributed by atoms with Gasteiger partial charge in [0.2, 0.25) is 0 Å². The monoisotopic (exact) mass is 696 g/mol. The van der Waals surface area contributed by atoms with E-state index < -0.39 is 61.3 Å². The lowest BCUT2D eigenvalue weighted by Gasteiger charge is -2.38. The average molecular weight is 696 g/mol. The molecule has 2 saturated heterocycles. The van der Waals surface area contributed by atoms with Crippen LogP contribution in [0.3, 0.4) is 0 Å². The highest BCUT2D eigenvalue weighted by atomic mass is 127. The molecule has 0 bridgehead atoms. The van der Waals surface area contributed by atoms with Crippen LogP contribution in [0.1, 0.15) is 46.5 Å². The van der Waals surface area contributed by atoms with Crippen LogP contribution in [0.2, 0.25) is 0 Å². The van der Waals surface area contributed by atoms with Gasteiger partial charge in [0.25, 0.3) is 0 Å². The zero-order chi connectivity index (χ0) is 24.3. The topological polar surface area (TPSA) is 124 Å². The first-order valence-corrected chi connectivity index (χ1v) is 13.8. The number of cyclic esters (lactones) is 1. The molecule has 3 rings (SSSR count). The van der Waals surface area contributed by atoms with Crippen LogP contribution in [0, 0.1) is 0 Å². The Kier molecular flexibility index (Phi) is 10.7. The van der Waals surface area contributed by atoms with Crippen molar-refractivity contribution in [2.24, 2.45) is 0 Å². The van der Waals surface area contributed by atoms with Gasteiger partial charge in [-0.15, -0.1) is 0 Å². The largest absolute Gasteiger partial charge is 0.462 e. The fraction of sp³-hybridized carbons (Fsp3) is 0.864. The fourth-order valence-corrected chi connectivity index (χ4v) is 5.74. The summed E-state index contributed by atoms with van der Waals surface area (Å²) in [6.45, 7) is 5.36. The molecule has 0 aromatic heterocycles. The molecule has 12 atom stereocenters. The summed E-state index contributed by atoms with van der Waals surface area (Å²) in [6, 6.07) is 0. The second kappa shape index (κ2) is 12.6. The average Bonchev–Trinajstić information content (AvgIpc) is 2.72. The van der Waals surface area contributed by atoms with Crippen molar-refractivity contribution in [3.8, 4) is 0 Å². The third-order valence-electron chi connectivity index (χ3n) is 6.09. The number of hydrogen-bond acceptors (Lipinski definition) is 9. The third-order valence-corrected chi connectivity index (χ3v) is 8.28. The van der Waals surface area contributed by atoms with E-state index in [0.29, 0.717) is 19.3 Å². The van der Waals surface area contributed by atoms with E-state index in [1.165, 1.54) is 0 Å². The molecule has 0 aromatic carbocycles. The van der Waals surface area contributed by atoms with E-state index in [-0.39, 0.29) is 20.4 Å². The highest BCUT2D eigenvalue weighted by molar-refractivity contribution is 14.1. The molecule has 0 aromatic rings. The van der Waals surface area contributed by atoms with E-state index in [4.69, 9.17) is 23.7 Å². The summed E-state index contributed by atoms with van der Waals surface area (Å²) in [5.74, 6) is -0.480. The lowest BCUT2D eigenvalue weighted by Crippen LogP contribution is -2.48. The van der Waals surface area contributed by atoms with Crippen LogP contribution in [-0.4, -0.2) is 90.5 Å². The van der Waals surface area contributed by atoms with Gasteiger partial charge in [0.15, 0.2) is 12.6 Å². The molecule has 3 aliphatic heterocycles. The Hall–Kier alpha value is 0.390. The Balaban J connectivity index is 1.70. The number of hydrogen-bond donors (Lipinski definition) is 3. The van der Waals surface area contributed by atoms with Crippen LogP contribution in [0.15, 0.2) is 12.2 Å². The Labute approximate surface area is 221 Å². The number of aliphatic hydroxyl groups excluding tert-OH is 3. The van der Waals surface area contributed by atoms with Gasteiger partial charge in [-0.3, -0.25) is 4.79 Å². The van der Waals surface area contributed by atoms with E-state index in [0.717, 1.165) is 0 Å². The number of carbonyl (C=O) groups is 1. The van der Waals surface area contributed by atoms with Crippen molar-refractivity contribution in [3.63, 3.8) is 0 Å². The normalized spacial score (nSPS) is 48.7. The molecule has 0 amide bonds. The van der Waals surface area contributed by atoms with Gasteiger partial charge in [-0.2, -0.15) is 0 Å². The minimum absolute atomic E-state index is 0.0437. The highest BCUT2D eigenvalue weighted by Gasteiger charge is 2.39. The second-order valence-corrected chi connectivity index (χ2v) is 12.2. The van der Waals surface area contributed by atoms with Gasteiger partial charge in [-0.25, -0.2) is 0 Å². The molecule has 3 N–H and O–H groups in total.